The number of thioether (sulfide) groups is 1. The third kappa shape index (κ3) is 8.63. The van der Waals surface area contributed by atoms with Gasteiger partial charge in [0.05, 0.1) is 24.4 Å². The van der Waals surface area contributed by atoms with Gasteiger partial charge in [0, 0.05) is 62.3 Å². The normalized spacial score (nSPS) is 20.3. The van der Waals surface area contributed by atoms with Crippen molar-refractivity contribution in [2.75, 3.05) is 49.3 Å². The number of piperazine rings is 1. The molecule has 0 aliphatic carbocycles. The van der Waals surface area contributed by atoms with Crippen molar-refractivity contribution >= 4 is 29.4 Å². The number of benzene rings is 1. The van der Waals surface area contributed by atoms with Crippen LogP contribution in [0.2, 0.25) is 0 Å². The number of hydrogen-bond donors (Lipinski definition) is 1. The number of nitrogens with one attached hydrogen (secondary N) is 1. The lowest BCUT2D eigenvalue weighted by atomic mass is 9.89. The van der Waals surface area contributed by atoms with E-state index in [4.69, 9.17) is 19.2 Å². The van der Waals surface area contributed by atoms with Gasteiger partial charge in [-0.2, -0.15) is 5.26 Å². The Bertz CT molecular complexity index is 1310. The zero-order valence-corrected chi connectivity index (χ0v) is 27.8. The molecule has 2 atom stereocenters. The van der Waals surface area contributed by atoms with E-state index >= 15 is 0 Å². The van der Waals surface area contributed by atoms with E-state index < -0.39 is 11.7 Å². The molecule has 3 heterocycles. The maximum absolute atomic E-state index is 12.1. The number of nitriles is 1. The van der Waals surface area contributed by atoms with Crippen LogP contribution in [0.25, 0.3) is 0 Å². The van der Waals surface area contributed by atoms with Gasteiger partial charge in [0.15, 0.2) is 0 Å². The Labute approximate surface area is 261 Å². The van der Waals surface area contributed by atoms with Gasteiger partial charge in [-0.1, -0.05) is 12.1 Å². The smallest absolute Gasteiger partial charge is 0.412 e. The van der Waals surface area contributed by atoms with Gasteiger partial charge in [-0.05, 0) is 78.1 Å². The first-order chi connectivity index (χ1) is 20.3. The Kier molecular flexibility index (Phi) is 10.7. The number of aromatic nitrogens is 1. The summed E-state index contributed by atoms with van der Waals surface area (Å²) in [6, 6.07) is 11.0. The van der Waals surface area contributed by atoms with E-state index in [9.17, 15) is 10.1 Å². The molecule has 2 aliphatic heterocycles. The average molecular weight is 610 g/mol. The minimum Gasteiger partial charge on any atom is -0.444 e. The third-order valence-electron chi connectivity index (χ3n) is 7.86. The van der Waals surface area contributed by atoms with E-state index in [1.165, 1.54) is 0 Å². The van der Waals surface area contributed by atoms with Crippen LogP contribution in [0.4, 0.5) is 16.3 Å². The molecule has 1 amide bonds. The number of ether oxygens (including phenoxy) is 3. The van der Waals surface area contributed by atoms with Crippen molar-refractivity contribution in [1.29, 1.82) is 5.26 Å². The number of aryl methyl sites for hydroxylation is 1. The van der Waals surface area contributed by atoms with E-state index in [2.05, 4.69) is 48.9 Å². The number of methoxy groups -OCH3 is 1. The third-order valence-corrected chi connectivity index (χ3v) is 8.84. The van der Waals surface area contributed by atoms with Crippen molar-refractivity contribution < 1.29 is 19.0 Å². The molecule has 0 bridgehead atoms. The van der Waals surface area contributed by atoms with Gasteiger partial charge < -0.3 is 19.1 Å². The maximum Gasteiger partial charge on any atom is 0.412 e. The van der Waals surface area contributed by atoms with Crippen molar-refractivity contribution in [3.8, 4) is 6.07 Å². The quantitative estimate of drug-likeness (QED) is 0.342. The largest absolute Gasteiger partial charge is 0.444 e. The molecule has 1 fully saturated rings. The molecule has 1 saturated heterocycles. The first kappa shape index (κ1) is 33.1. The number of carbonyl (C=O) groups excluding carboxylic acids is 1. The topological polar surface area (TPSA) is 100.0 Å². The summed E-state index contributed by atoms with van der Waals surface area (Å²) in [6.45, 7) is 18.0. The fourth-order valence-corrected chi connectivity index (χ4v) is 6.81. The predicted molar refractivity (Wildman–Crippen MR) is 172 cm³/mol. The standard InChI is InChI=1S/C33H47N5O4S/c1-22-19-37(20-23(2)38(22)14-15-40-8)29-28-21-41-33(6,7)17-26(28)27(18-34)30(36-29)43-16-13-24-9-11-25(12-10-24)35-31(39)42-32(3,4)5/h9-12,22-23H,13-17,19-21H2,1-8H3,(H,35,39). The zero-order chi connectivity index (χ0) is 31.4. The fourth-order valence-electron chi connectivity index (χ4n) is 5.82. The Morgan fingerprint density at radius 2 is 1.86 bits per heavy atom. The molecule has 0 spiro atoms. The average Bonchev–Trinajstić information content (AvgIpc) is 2.91. The van der Waals surface area contributed by atoms with Crippen LogP contribution in [0.1, 0.15) is 70.7 Å². The first-order valence-corrected chi connectivity index (χ1v) is 16.1. The molecule has 1 N–H and O–H groups in total. The van der Waals surface area contributed by atoms with E-state index in [0.29, 0.717) is 43.0 Å². The summed E-state index contributed by atoms with van der Waals surface area (Å²) in [4.78, 5) is 22.2. The Morgan fingerprint density at radius 1 is 1.19 bits per heavy atom. The number of amides is 1. The predicted octanol–water partition coefficient (Wildman–Crippen LogP) is 6.03. The number of pyridine rings is 1. The van der Waals surface area contributed by atoms with Crippen LogP contribution in [-0.4, -0.2) is 78.4 Å². The fraction of sp³-hybridized carbons (Fsp3) is 0.606. The zero-order valence-electron chi connectivity index (χ0n) is 27.0. The molecule has 1 aromatic heterocycles. The summed E-state index contributed by atoms with van der Waals surface area (Å²) >= 11 is 1.63. The minimum absolute atomic E-state index is 0.340. The summed E-state index contributed by atoms with van der Waals surface area (Å²) in [5, 5.41) is 13.9. The highest BCUT2D eigenvalue weighted by Gasteiger charge is 2.36. The molecule has 10 heteroatoms. The Morgan fingerprint density at radius 3 is 2.47 bits per heavy atom. The van der Waals surface area contributed by atoms with Crippen molar-refractivity contribution in [3.63, 3.8) is 0 Å². The van der Waals surface area contributed by atoms with Crippen molar-refractivity contribution in [1.82, 2.24) is 9.88 Å². The van der Waals surface area contributed by atoms with Crippen molar-refractivity contribution in [3.05, 3.63) is 46.5 Å². The highest BCUT2D eigenvalue weighted by molar-refractivity contribution is 7.99. The lowest BCUT2D eigenvalue weighted by Crippen LogP contribution is -2.58. The molecule has 0 radical (unpaired) electrons. The molecule has 43 heavy (non-hydrogen) atoms. The van der Waals surface area contributed by atoms with E-state index in [-0.39, 0.29) is 5.60 Å². The maximum atomic E-state index is 12.1. The number of fused-ring (bicyclic) bond motifs is 1. The van der Waals surface area contributed by atoms with Gasteiger partial charge in [0.25, 0.3) is 0 Å². The SMILES string of the molecule is COCCN1C(C)CN(c2nc(SCCc3ccc(NC(=O)OC(C)(C)C)cc3)c(C#N)c3c2COC(C)(C)C3)CC1C. The second-order valence-corrected chi connectivity index (χ2v) is 14.2. The molecule has 1 aromatic carbocycles. The van der Waals surface area contributed by atoms with Crippen LogP contribution in [0.15, 0.2) is 29.3 Å². The molecule has 9 nitrogen and oxygen atoms in total. The van der Waals surface area contributed by atoms with Crippen LogP contribution < -0.4 is 10.2 Å². The van der Waals surface area contributed by atoms with E-state index in [0.717, 1.165) is 59.3 Å². The second-order valence-electron chi connectivity index (χ2n) is 13.2. The Hall–Kier alpha value is -2.84. The van der Waals surface area contributed by atoms with Crippen LogP contribution in [0.5, 0.6) is 0 Å². The van der Waals surface area contributed by atoms with E-state index in [1.807, 2.05) is 45.0 Å². The van der Waals surface area contributed by atoms with Crippen LogP contribution in [0.3, 0.4) is 0 Å². The summed E-state index contributed by atoms with van der Waals surface area (Å²) in [7, 11) is 1.75. The first-order valence-electron chi connectivity index (χ1n) is 15.1. The highest BCUT2D eigenvalue weighted by atomic mass is 32.2. The summed E-state index contributed by atoms with van der Waals surface area (Å²) < 4.78 is 16.9. The number of carbonyl (C=O) groups is 1. The number of hydrogen-bond acceptors (Lipinski definition) is 9. The number of nitrogens with zero attached hydrogens (tertiary/aromatic N) is 4. The van der Waals surface area contributed by atoms with Crippen molar-refractivity contribution in [2.45, 2.75) is 96.2 Å². The van der Waals surface area contributed by atoms with Crippen LogP contribution >= 0.6 is 11.8 Å². The van der Waals surface area contributed by atoms with Crippen molar-refractivity contribution in [2.24, 2.45) is 0 Å². The number of rotatable bonds is 9. The van der Waals surface area contributed by atoms with Gasteiger partial charge in [-0.15, -0.1) is 11.8 Å². The van der Waals surface area contributed by atoms with Gasteiger partial charge in [0.1, 0.15) is 22.5 Å². The molecule has 234 valence electrons. The highest BCUT2D eigenvalue weighted by Crippen LogP contribution is 2.39. The summed E-state index contributed by atoms with van der Waals surface area (Å²) in [5.41, 5.74) is 3.75. The van der Waals surface area contributed by atoms with Crippen LogP contribution in [-0.2, 0) is 33.7 Å². The lowest BCUT2D eigenvalue weighted by Gasteiger charge is -2.46. The lowest BCUT2D eigenvalue weighted by molar-refractivity contribution is -0.0403. The number of anilines is 2. The summed E-state index contributed by atoms with van der Waals surface area (Å²) in [5.74, 6) is 1.73. The van der Waals surface area contributed by atoms with Gasteiger partial charge >= 0.3 is 6.09 Å². The van der Waals surface area contributed by atoms with E-state index in [1.54, 1.807) is 18.9 Å². The molecule has 2 aliphatic rings. The van der Waals surface area contributed by atoms with Crippen LogP contribution in [0, 0.1) is 11.3 Å². The molecule has 2 unspecified atom stereocenters. The minimum atomic E-state index is -0.550. The van der Waals surface area contributed by atoms with Gasteiger partial charge in [-0.25, -0.2) is 9.78 Å². The molecular formula is C33H47N5O4S. The van der Waals surface area contributed by atoms with Gasteiger partial charge in [-0.3, -0.25) is 10.2 Å². The Balaban J connectivity index is 1.52. The summed E-state index contributed by atoms with van der Waals surface area (Å²) in [6.07, 6.45) is 1.01. The monoisotopic (exact) mass is 609 g/mol. The molecule has 0 saturated carbocycles. The molecular weight excluding hydrogens is 562 g/mol. The molecule has 2 aromatic rings. The van der Waals surface area contributed by atoms with Gasteiger partial charge in [0.2, 0.25) is 0 Å². The molecule has 4 rings (SSSR count). The second kappa shape index (κ2) is 13.9.